The number of esters is 1. The molecule has 10 atom stereocenters. The lowest BCUT2D eigenvalue weighted by Crippen LogP contribution is -2.60. The summed E-state index contributed by atoms with van der Waals surface area (Å²) in [6, 6.07) is 0. The quantitative estimate of drug-likeness (QED) is 0.302. The Morgan fingerprint density at radius 2 is 1.76 bits per heavy atom. The number of carbonyl (C=O) groups is 1. The fraction of sp³-hybridized carbons (Fsp3) is 0.833. The molecular formula is C18H28O11. The van der Waals surface area contributed by atoms with Crippen molar-refractivity contribution in [3.05, 3.63) is 11.1 Å². The monoisotopic (exact) mass is 420 g/mol. The van der Waals surface area contributed by atoms with Crippen LogP contribution in [-0.4, -0.2) is 102 Å². The number of methoxy groups -OCH3 is 2. The Hall–Kier alpha value is -1.15. The van der Waals surface area contributed by atoms with Gasteiger partial charge in [0.15, 0.2) is 18.9 Å². The Morgan fingerprint density at radius 3 is 2.34 bits per heavy atom. The molecule has 1 aliphatic carbocycles. The zero-order valence-corrected chi connectivity index (χ0v) is 16.4. The van der Waals surface area contributed by atoms with Crippen LogP contribution in [0.3, 0.4) is 0 Å². The van der Waals surface area contributed by atoms with Crippen LogP contribution >= 0.6 is 0 Å². The summed E-state index contributed by atoms with van der Waals surface area (Å²) < 4.78 is 27.0. The van der Waals surface area contributed by atoms with Crippen molar-refractivity contribution in [2.45, 2.75) is 62.7 Å². The summed E-state index contributed by atoms with van der Waals surface area (Å²) >= 11 is 0. The van der Waals surface area contributed by atoms with E-state index in [2.05, 4.69) is 0 Å². The summed E-state index contributed by atoms with van der Waals surface area (Å²) in [5.74, 6) is -1.58. The molecule has 11 nitrogen and oxygen atoms in total. The van der Waals surface area contributed by atoms with Gasteiger partial charge in [0, 0.05) is 13.0 Å². The van der Waals surface area contributed by atoms with E-state index in [0.29, 0.717) is 5.57 Å². The summed E-state index contributed by atoms with van der Waals surface area (Å²) in [5.41, 5.74) is 0.710. The van der Waals surface area contributed by atoms with Gasteiger partial charge in [-0.05, 0) is 17.9 Å². The third-order valence-corrected chi connectivity index (χ3v) is 5.87. The highest BCUT2D eigenvalue weighted by Gasteiger charge is 2.52. The smallest absolute Gasteiger partial charge is 0.338 e. The van der Waals surface area contributed by atoms with E-state index in [1.165, 1.54) is 14.2 Å². The SMILES string of the molecule is COC(=O)C1=C2CC(O)C(C)C2C(OC2OC(CO)C(O)C(O)C2O)OC1OC. The molecule has 11 heteroatoms. The summed E-state index contributed by atoms with van der Waals surface area (Å²) in [6.45, 7) is 1.16. The van der Waals surface area contributed by atoms with Gasteiger partial charge < -0.3 is 49.2 Å². The molecule has 3 rings (SSSR count). The molecule has 1 saturated heterocycles. The largest absolute Gasteiger partial charge is 0.466 e. The third-order valence-electron chi connectivity index (χ3n) is 5.87. The van der Waals surface area contributed by atoms with Crippen molar-refractivity contribution in [3.8, 4) is 0 Å². The van der Waals surface area contributed by atoms with Gasteiger partial charge in [0.2, 0.25) is 0 Å². The Labute approximate surface area is 167 Å². The molecule has 5 N–H and O–H groups in total. The molecule has 2 fully saturated rings. The standard InChI is InChI=1S/C18H28O11/c1-6-8(20)4-7-10(6)17(28-16(26-3)11(7)15(24)25-2)29-18-14(23)13(22)12(21)9(5-19)27-18/h6,8-10,12-14,16-23H,4-5H2,1-3H3. The van der Waals surface area contributed by atoms with Crippen LogP contribution in [0.1, 0.15) is 13.3 Å². The first-order chi connectivity index (χ1) is 13.7. The number of hydrogen-bond acceptors (Lipinski definition) is 11. The molecule has 2 heterocycles. The van der Waals surface area contributed by atoms with E-state index >= 15 is 0 Å². The number of rotatable bonds is 5. The van der Waals surface area contributed by atoms with Crippen LogP contribution < -0.4 is 0 Å². The molecule has 0 radical (unpaired) electrons. The minimum absolute atomic E-state index is 0.150. The summed E-state index contributed by atoms with van der Waals surface area (Å²) in [5, 5.41) is 49.9. The lowest BCUT2D eigenvalue weighted by atomic mass is 9.88. The second-order valence-electron chi connectivity index (χ2n) is 7.49. The summed E-state index contributed by atoms with van der Waals surface area (Å²) in [4.78, 5) is 12.3. The highest BCUT2D eigenvalue weighted by atomic mass is 16.8. The van der Waals surface area contributed by atoms with Gasteiger partial charge in [-0.2, -0.15) is 0 Å². The Kier molecular flexibility index (Phi) is 6.93. The molecule has 0 amide bonds. The molecule has 10 unspecified atom stereocenters. The van der Waals surface area contributed by atoms with Crippen molar-refractivity contribution in [2.75, 3.05) is 20.8 Å². The lowest BCUT2D eigenvalue weighted by molar-refractivity contribution is -0.359. The number of ether oxygens (including phenoxy) is 5. The molecule has 1 saturated carbocycles. The first-order valence-corrected chi connectivity index (χ1v) is 9.38. The molecule has 0 bridgehead atoms. The summed E-state index contributed by atoms with van der Waals surface area (Å²) in [6.07, 6.45) is -10.1. The maximum Gasteiger partial charge on any atom is 0.338 e. The molecule has 29 heavy (non-hydrogen) atoms. The molecule has 0 aromatic carbocycles. The van der Waals surface area contributed by atoms with Gasteiger partial charge in [0.25, 0.3) is 0 Å². The fourth-order valence-electron chi connectivity index (χ4n) is 4.17. The maximum absolute atomic E-state index is 12.3. The van der Waals surface area contributed by atoms with E-state index in [0.717, 1.165) is 0 Å². The average Bonchev–Trinajstić information content (AvgIpc) is 3.01. The zero-order chi connectivity index (χ0) is 21.5. The lowest BCUT2D eigenvalue weighted by Gasteiger charge is -2.43. The highest BCUT2D eigenvalue weighted by Crippen LogP contribution is 2.47. The van der Waals surface area contributed by atoms with E-state index in [4.69, 9.17) is 23.7 Å². The van der Waals surface area contributed by atoms with Crippen molar-refractivity contribution in [1.29, 1.82) is 0 Å². The van der Waals surface area contributed by atoms with E-state index in [1.807, 2.05) is 0 Å². The van der Waals surface area contributed by atoms with Crippen LogP contribution in [0, 0.1) is 11.8 Å². The van der Waals surface area contributed by atoms with Crippen molar-refractivity contribution < 1.29 is 54.0 Å². The minimum atomic E-state index is -1.62. The number of fused-ring (bicyclic) bond motifs is 1. The van der Waals surface area contributed by atoms with Crippen LogP contribution in [0.25, 0.3) is 0 Å². The van der Waals surface area contributed by atoms with Crippen LogP contribution in [0.2, 0.25) is 0 Å². The average molecular weight is 420 g/mol. The Balaban J connectivity index is 1.90. The van der Waals surface area contributed by atoms with Crippen molar-refractivity contribution >= 4 is 5.97 Å². The van der Waals surface area contributed by atoms with Gasteiger partial charge in [0.1, 0.15) is 24.4 Å². The van der Waals surface area contributed by atoms with Gasteiger partial charge in [-0.1, -0.05) is 6.92 Å². The second-order valence-corrected chi connectivity index (χ2v) is 7.49. The molecule has 2 aliphatic heterocycles. The first-order valence-electron chi connectivity index (χ1n) is 9.38. The van der Waals surface area contributed by atoms with Crippen LogP contribution in [0.5, 0.6) is 0 Å². The van der Waals surface area contributed by atoms with E-state index in [-0.39, 0.29) is 17.9 Å². The fourth-order valence-corrected chi connectivity index (χ4v) is 4.17. The summed E-state index contributed by atoms with van der Waals surface area (Å²) in [7, 11) is 2.55. The number of carbonyl (C=O) groups excluding carboxylic acids is 1. The molecular weight excluding hydrogens is 392 g/mol. The predicted octanol–water partition coefficient (Wildman–Crippen LogP) is -2.38. The number of hydrogen-bond donors (Lipinski definition) is 5. The van der Waals surface area contributed by atoms with Crippen molar-refractivity contribution in [3.63, 3.8) is 0 Å². The van der Waals surface area contributed by atoms with Gasteiger partial charge in [-0.25, -0.2) is 4.79 Å². The zero-order valence-electron chi connectivity index (χ0n) is 16.4. The van der Waals surface area contributed by atoms with Crippen LogP contribution in [-0.2, 0) is 28.5 Å². The highest BCUT2D eigenvalue weighted by molar-refractivity contribution is 5.90. The van der Waals surface area contributed by atoms with Crippen LogP contribution in [0.4, 0.5) is 0 Å². The normalized spacial score (nSPS) is 45.2. The van der Waals surface area contributed by atoms with Crippen molar-refractivity contribution in [1.82, 2.24) is 0 Å². The van der Waals surface area contributed by atoms with Crippen LogP contribution in [0.15, 0.2) is 11.1 Å². The Morgan fingerprint density at radius 1 is 1.07 bits per heavy atom. The molecule has 0 aromatic rings. The minimum Gasteiger partial charge on any atom is -0.466 e. The first kappa shape index (κ1) is 22.5. The van der Waals surface area contributed by atoms with E-state index in [1.54, 1.807) is 6.92 Å². The van der Waals surface area contributed by atoms with Gasteiger partial charge >= 0.3 is 5.97 Å². The number of aliphatic hydroxyl groups excluding tert-OH is 5. The second kappa shape index (κ2) is 8.92. The topological polar surface area (TPSA) is 164 Å². The van der Waals surface area contributed by atoms with Crippen molar-refractivity contribution in [2.24, 2.45) is 11.8 Å². The molecule has 166 valence electrons. The van der Waals surface area contributed by atoms with Gasteiger partial charge in [-0.3, -0.25) is 0 Å². The van der Waals surface area contributed by atoms with E-state index < -0.39 is 67.9 Å². The predicted molar refractivity (Wildman–Crippen MR) is 92.8 cm³/mol. The Bertz CT molecular complexity index is 635. The molecule has 0 spiro atoms. The van der Waals surface area contributed by atoms with Gasteiger partial charge in [0.05, 0.1) is 25.4 Å². The number of aliphatic hydroxyl groups is 5. The third kappa shape index (κ3) is 3.94. The molecule has 0 aromatic heterocycles. The van der Waals surface area contributed by atoms with E-state index in [9.17, 15) is 30.3 Å². The maximum atomic E-state index is 12.3. The van der Waals surface area contributed by atoms with Gasteiger partial charge in [-0.15, -0.1) is 0 Å². The molecule has 3 aliphatic rings.